The first-order chi connectivity index (χ1) is 15.0. The van der Waals surface area contributed by atoms with E-state index in [9.17, 15) is 0 Å². The molecule has 2 atom stereocenters. The van der Waals surface area contributed by atoms with Crippen molar-refractivity contribution in [1.29, 1.82) is 0 Å². The monoisotopic (exact) mass is 415 g/mol. The highest BCUT2D eigenvalue weighted by molar-refractivity contribution is 5.66. The molecule has 0 radical (unpaired) electrons. The van der Waals surface area contributed by atoms with Gasteiger partial charge in [-0.3, -0.25) is 0 Å². The van der Waals surface area contributed by atoms with Crippen LogP contribution in [0.3, 0.4) is 0 Å². The number of piperidine rings is 1. The summed E-state index contributed by atoms with van der Waals surface area (Å²) in [5.74, 6) is 1.63. The largest absolute Gasteiger partial charge is 0.371 e. The van der Waals surface area contributed by atoms with Crippen LogP contribution in [0.5, 0.6) is 0 Å². The van der Waals surface area contributed by atoms with E-state index < -0.39 is 0 Å². The van der Waals surface area contributed by atoms with Crippen LogP contribution in [0.2, 0.25) is 0 Å². The van der Waals surface area contributed by atoms with Crippen LogP contribution >= 0.6 is 0 Å². The van der Waals surface area contributed by atoms with Crippen LogP contribution in [0.15, 0.2) is 55.1 Å². The van der Waals surface area contributed by atoms with Gasteiger partial charge in [0.25, 0.3) is 0 Å². The van der Waals surface area contributed by atoms with Crippen LogP contribution in [0.4, 0.5) is 0 Å². The highest BCUT2D eigenvalue weighted by Crippen LogP contribution is 2.53. The third-order valence-electron chi connectivity index (χ3n) is 8.15. The molecule has 0 amide bonds. The van der Waals surface area contributed by atoms with Crippen LogP contribution in [0, 0.1) is 18.3 Å². The summed E-state index contributed by atoms with van der Waals surface area (Å²) < 4.78 is 0. The summed E-state index contributed by atoms with van der Waals surface area (Å²) in [6, 6.07) is 18.2. The fraction of sp³-hybridized carbons (Fsp3) is 0.533. The Balaban J connectivity index is 1.49. The Hall–Kier alpha value is -2.02. The molecule has 1 heterocycles. The molecule has 2 aromatic carbocycles. The number of aryl methyl sites for hydroxylation is 2. The number of hydrogen-bond donors (Lipinski definition) is 0. The molecule has 0 bridgehead atoms. The van der Waals surface area contributed by atoms with E-state index in [2.05, 4.69) is 80.8 Å². The number of benzene rings is 2. The van der Waals surface area contributed by atoms with Crippen LogP contribution in [0.25, 0.3) is 5.70 Å². The van der Waals surface area contributed by atoms with Crippen molar-refractivity contribution in [1.82, 2.24) is 4.90 Å². The SMILES string of the molecule is C=C(c1cc(C)ccc1CC)N1CCC2(CC1)CC(CCC)CC(c1ccccc1)C2. The minimum Gasteiger partial charge on any atom is -0.371 e. The zero-order valence-corrected chi connectivity index (χ0v) is 20.0. The molecule has 1 saturated heterocycles. The number of likely N-dealkylation sites (tertiary alicyclic amines) is 1. The number of hydrogen-bond acceptors (Lipinski definition) is 1. The predicted octanol–water partition coefficient (Wildman–Crippen LogP) is 7.99. The van der Waals surface area contributed by atoms with E-state index in [4.69, 9.17) is 0 Å². The molecule has 1 heteroatoms. The Morgan fingerprint density at radius 1 is 1.03 bits per heavy atom. The van der Waals surface area contributed by atoms with Crippen molar-refractivity contribution in [3.8, 4) is 0 Å². The minimum atomic E-state index is 0.523. The Labute approximate surface area is 190 Å². The molecule has 0 N–H and O–H groups in total. The van der Waals surface area contributed by atoms with E-state index in [0.29, 0.717) is 5.41 Å². The van der Waals surface area contributed by atoms with Crippen molar-refractivity contribution in [3.63, 3.8) is 0 Å². The van der Waals surface area contributed by atoms with E-state index in [1.165, 1.54) is 67.3 Å². The molecule has 0 aromatic heterocycles. The second-order valence-electron chi connectivity index (χ2n) is 10.4. The summed E-state index contributed by atoms with van der Waals surface area (Å²) in [7, 11) is 0. The van der Waals surface area contributed by atoms with Crippen LogP contribution < -0.4 is 0 Å². The quantitative estimate of drug-likeness (QED) is 0.462. The van der Waals surface area contributed by atoms with Crippen molar-refractivity contribution in [2.45, 2.75) is 78.1 Å². The topological polar surface area (TPSA) is 3.24 Å². The minimum absolute atomic E-state index is 0.523. The zero-order valence-electron chi connectivity index (χ0n) is 20.0. The Morgan fingerprint density at radius 3 is 2.45 bits per heavy atom. The zero-order chi connectivity index (χ0) is 21.8. The molecular formula is C30H41N. The van der Waals surface area contributed by atoms with Gasteiger partial charge in [-0.15, -0.1) is 0 Å². The van der Waals surface area contributed by atoms with E-state index >= 15 is 0 Å². The van der Waals surface area contributed by atoms with Gasteiger partial charge < -0.3 is 4.90 Å². The lowest BCUT2D eigenvalue weighted by molar-refractivity contribution is 0.0510. The van der Waals surface area contributed by atoms with E-state index in [1.54, 1.807) is 5.56 Å². The van der Waals surface area contributed by atoms with E-state index in [1.807, 2.05) is 0 Å². The van der Waals surface area contributed by atoms with Gasteiger partial charge in [-0.1, -0.05) is 81.3 Å². The fourth-order valence-corrected chi connectivity index (χ4v) is 6.49. The van der Waals surface area contributed by atoms with Gasteiger partial charge >= 0.3 is 0 Å². The second-order valence-corrected chi connectivity index (χ2v) is 10.4. The molecule has 2 aromatic rings. The molecule has 1 nitrogen and oxygen atoms in total. The van der Waals surface area contributed by atoms with Gasteiger partial charge in [-0.05, 0) is 79.9 Å². The average molecular weight is 416 g/mol. The summed E-state index contributed by atoms with van der Waals surface area (Å²) in [6.45, 7) is 13.7. The third kappa shape index (κ3) is 4.92. The molecule has 2 unspecified atom stereocenters. The summed E-state index contributed by atoms with van der Waals surface area (Å²) in [6.07, 6.45) is 10.6. The van der Waals surface area contributed by atoms with Gasteiger partial charge in [0.15, 0.2) is 0 Å². The van der Waals surface area contributed by atoms with E-state index in [-0.39, 0.29) is 0 Å². The normalized spacial score (nSPS) is 23.1. The maximum absolute atomic E-state index is 4.56. The summed E-state index contributed by atoms with van der Waals surface area (Å²) in [5, 5.41) is 0. The summed E-state index contributed by atoms with van der Waals surface area (Å²) in [4.78, 5) is 2.58. The summed E-state index contributed by atoms with van der Waals surface area (Å²) in [5.41, 5.74) is 7.48. The van der Waals surface area contributed by atoms with Gasteiger partial charge in [0.05, 0.1) is 0 Å². The fourth-order valence-electron chi connectivity index (χ4n) is 6.49. The van der Waals surface area contributed by atoms with Crippen LogP contribution in [-0.2, 0) is 6.42 Å². The Morgan fingerprint density at radius 2 is 1.77 bits per heavy atom. The molecule has 1 aliphatic carbocycles. The molecule has 2 aliphatic rings. The molecule has 1 saturated carbocycles. The lowest BCUT2D eigenvalue weighted by Gasteiger charge is -2.50. The van der Waals surface area contributed by atoms with Crippen molar-refractivity contribution < 1.29 is 0 Å². The second kappa shape index (κ2) is 9.63. The van der Waals surface area contributed by atoms with Gasteiger partial charge in [-0.25, -0.2) is 0 Å². The highest BCUT2D eigenvalue weighted by Gasteiger charge is 2.42. The van der Waals surface area contributed by atoms with Crippen LogP contribution in [0.1, 0.15) is 87.0 Å². The standard InChI is InChI=1S/C30H41N/c1-5-10-25-20-28(27-11-8-7-9-12-27)22-30(21-25)15-17-31(18-16-30)24(4)29-19-23(3)13-14-26(29)6-2/h7-9,11-14,19,25,28H,4-6,10,15-18,20-22H2,1-3H3. The number of nitrogens with zero attached hydrogens (tertiary/aromatic N) is 1. The van der Waals surface area contributed by atoms with Crippen molar-refractivity contribution >= 4 is 5.70 Å². The molecule has 166 valence electrons. The van der Waals surface area contributed by atoms with E-state index in [0.717, 1.165) is 31.3 Å². The lowest BCUT2D eigenvalue weighted by atomic mass is 9.59. The molecule has 1 aliphatic heterocycles. The molecule has 1 spiro atoms. The van der Waals surface area contributed by atoms with Gasteiger partial charge in [0.1, 0.15) is 0 Å². The third-order valence-corrected chi connectivity index (χ3v) is 8.15. The molecular weight excluding hydrogens is 374 g/mol. The van der Waals surface area contributed by atoms with Crippen molar-refractivity contribution in [2.75, 3.05) is 13.1 Å². The average Bonchev–Trinajstić information content (AvgIpc) is 2.80. The smallest absolute Gasteiger partial charge is 0.0369 e. The maximum Gasteiger partial charge on any atom is 0.0369 e. The van der Waals surface area contributed by atoms with Gasteiger partial charge in [-0.2, -0.15) is 0 Å². The first-order valence-electron chi connectivity index (χ1n) is 12.6. The first kappa shape index (κ1) is 22.2. The van der Waals surface area contributed by atoms with Crippen LogP contribution in [-0.4, -0.2) is 18.0 Å². The maximum atomic E-state index is 4.56. The lowest BCUT2D eigenvalue weighted by Crippen LogP contribution is -2.43. The Kier molecular flexibility index (Phi) is 6.89. The van der Waals surface area contributed by atoms with Crippen molar-refractivity contribution in [2.24, 2.45) is 11.3 Å². The predicted molar refractivity (Wildman–Crippen MR) is 134 cm³/mol. The molecule has 31 heavy (non-hydrogen) atoms. The highest BCUT2D eigenvalue weighted by atomic mass is 15.1. The summed E-state index contributed by atoms with van der Waals surface area (Å²) >= 11 is 0. The van der Waals surface area contributed by atoms with Crippen molar-refractivity contribution in [3.05, 3.63) is 77.4 Å². The van der Waals surface area contributed by atoms with Gasteiger partial charge in [0.2, 0.25) is 0 Å². The Bertz CT molecular complexity index is 873. The number of rotatable bonds is 6. The molecule has 2 fully saturated rings. The molecule has 4 rings (SSSR count). The van der Waals surface area contributed by atoms with Gasteiger partial charge in [0, 0.05) is 24.4 Å². The first-order valence-corrected chi connectivity index (χ1v) is 12.6.